The maximum atomic E-state index is 12.8. The van der Waals surface area contributed by atoms with Gasteiger partial charge in [-0.25, -0.2) is 0 Å². The predicted molar refractivity (Wildman–Crippen MR) is 90.9 cm³/mol. The van der Waals surface area contributed by atoms with E-state index >= 15 is 0 Å². The Morgan fingerprint density at radius 3 is 2.83 bits per heavy atom. The van der Waals surface area contributed by atoms with E-state index in [-0.39, 0.29) is 22.9 Å². The Labute approximate surface area is 137 Å². The number of amides is 1. The minimum absolute atomic E-state index is 0.110. The molecule has 6 heteroatoms. The van der Waals surface area contributed by atoms with Gasteiger partial charge in [-0.05, 0) is 37.1 Å². The van der Waals surface area contributed by atoms with Gasteiger partial charge in [0.1, 0.15) is 11.3 Å². The minimum atomic E-state index is -0.346. The molecule has 1 aliphatic carbocycles. The monoisotopic (exact) mass is 323 g/mol. The normalized spacial score (nSPS) is 14.0. The molecule has 0 atom stereocenters. The van der Waals surface area contributed by atoms with Crippen LogP contribution in [0.25, 0.3) is 10.9 Å². The molecule has 0 spiro atoms. The number of hydrogen-bond acceptors (Lipinski definition) is 4. The summed E-state index contributed by atoms with van der Waals surface area (Å²) < 4.78 is 7.22. The van der Waals surface area contributed by atoms with Crippen molar-refractivity contribution < 1.29 is 9.21 Å². The summed E-state index contributed by atoms with van der Waals surface area (Å²) >= 11 is 0. The predicted octanol–water partition coefficient (Wildman–Crippen LogP) is 2.12. The molecule has 1 amide bonds. The highest BCUT2D eigenvalue weighted by atomic mass is 16.3. The van der Waals surface area contributed by atoms with E-state index in [4.69, 9.17) is 10.2 Å². The zero-order valence-electron chi connectivity index (χ0n) is 13.0. The summed E-state index contributed by atoms with van der Waals surface area (Å²) in [5.41, 5.74) is 6.83. The van der Waals surface area contributed by atoms with Gasteiger partial charge in [-0.2, -0.15) is 0 Å². The number of nitrogens with one attached hydrogen (secondary N) is 1. The van der Waals surface area contributed by atoms with Gasteiger partial charge in [-0.3, -0.25) is 9.59 Å². The highest BCUT2D eigenvalue weighted by molar-refractivity contribution is 6.00. The first-order valence-corrected chi connectivity index (χ1v) is 7.88. The fourth-order valence-electron chi connectivity index (χ4n) is 2.82. The van der Waals surface area contributed by atoms with E-state index in [1.165, 1.54) is 0 Å². The molecule has 2 aromatic heterocycles. The Bertz CT molecular complexity index is 969. The van der Waals surface area contributed by atoms with Crippen molar-refractivity contribution in [3.05, 3.63) is 64.3 Å². The number of carbonyl (C=O) groups excluding carboxylic acids is 1. The number of hydrogen-bond donors (Lipinski definition) is 2. The molecule has 6 nitrogen and oxygen atoms in total. The lowest BCUT2D eigenvalue weighted by Gasteiger charge is -2.13. The van der Waals surface area contributed by atoms with Gasteiger partial charge in [0, 0.05) is 17.9 Å². The van der Waals surface area contributed by atoms with Crippen LogP contribution in [0.1, 0.15) is 29.0 Å². The zero-order chi connectivity index (χ0) is 16.7. The molecule has 0 radical (unpaired) electrons. The van der Waals surface area contributed by atoms with E-state index in [0.29, 0.717) is 23.1 Å². The number of benzene rings is 1. The standard InChI is InChI=1S/C18H17N3O3/c19-14-4-1-5-15-16(14)17(22)13(18(23)20-11-6-7-11)10-21(15)9-12-3-2-8-24-12/h1-5,8,10-11H,6-7,9,19H2,(H,20,23). The van der Waals surface area contributed by atoms with Gasteiger partial charge >= 0.3 is 0 Å². The van der Waals surface area contributed by atoms with Crippen molar-refractivity contribution in [1.29, 1.82) is 0 Å². The molecule has 3 N–H and O–H groups in total. The fraction of sp³-hybridized carbons (Fsp3) is 0.222. The molecule has 4 rings (SSSR count). The molecule has 24 heavy (non-hydrogen) atoms. The van der Waals surface area contributed by atoms with Crippen LogP contribution in [-0.4, -0.2) is 16.5 Å². The van der Waals surface area contributed by atoms with Gasteiger partial charge < -0.3 is 20.0 Å². The first-order valence-electron chi connectivity index (χ1n) is 7.88. The second kappa shape index (κ2) is 5.56. The van der Waals surface area contributed by atoms with Crippen molar-refractivity contribution in [3.63, 3.8) is 0 Å². The van der Waals surface area contributed by atoms with Gasteiger partial charge in [0.15, 0.2) is 0 Å². The average molecular weight is 323 g/mol. The second-order valence-electron chi connectivity index (χ2n) is 6.07. The summed E-state index contributed by atoms with van der Waals surface area (Å²) in [5.74, 6) is 0.386. The first-order chi connectivity index (χ1) is 11.6. The largest absolute Gasteiger partial charge is 0.467 e. The third-order valence-electron chi connectivity index (χ3n) is 4.20. The number of fused-ring (bicyclic) bond motifs is 1. The zero-order valence-corrected chi connectivity index (χ0v) is 13.0. The summed E-state index contributed by atoms with van der Waals surface area (Å²) in [6.07, 6.45) is 5.10. The van der Waals surface area contributed by atoms with Crippen LogP contribution in [0.15, 0.2) is 52.0 Å². The summed E-state index contributed by atoms with van der Waals surface area (Å²) in [6, 6.07) is 9.11. The van der Waals surface area contributed by atoms with Gasteiger partial charge in [-0.1, -0.05) is 6.07 Å². The van der Waals surface area contributed by atoms with Crippen molar-refractivity contribution in [2.24, 2.45) is 0 Å². The molecule has 1 fully saturated rings. The Hall–Kier alpha value is -3.02. The third-order valence-corrected chi connectivity index (χ3v) is 4.20. The highest BCUT2D eigenvalue weighted by Crippen LogP contribution is 2.22. The number of carbonyl (C=O) groups is 1. The van der Waals surface area contributed by atoms with Crippen molar-refractivity contribution in [3.8, 4) is 0 Å². The van der Waals surface area contributed by atoms with E-state index in [0.717, 1.165) is 18.6 Å². The van der Waals surface area contributed by atoms with Crippen LogP contribution >= 0.6 is 0 Å². The SMILES string of the molecule is Nc1cccc2c1c(=O)c(C(=O)NC1CC1)cn2Cc1ccco1. The number of nitrogens with zero attached hydrogens (tertiary/aromatic N) is 1. The van der Waals surface area contributed by atoms with E-state index < -0.39 is 0 Å². The maximum absolute atomic E-state index is 12.8. The van der Waals surface area contributed by atoms with Gasteiger partial charge in [0.05, 0.1) is 23.7 Å². The topological polar surface area (TPSA) is 90.3 Å². The summed E-state index contributed by atoms with van der Waals surface area (Å²) in [6.45, 7) is 0.414. The maximum Gasteiger partial charge on any atom is 0.256 e. The molecule has 3 aromatic rings. The molecular weight excluding hydrogens is 306 g/mol. The minimum Gasteiger partial charge on any atom is -0.467 e. The lowest BCUT2D eigenvalue weighted by Crippen LogP contribution is -2.31. The summed E-state index contributed by atoms with van der Waals surface area (Å²) in [4.78, 5) is 25.2. The lowest BCUT2D eigenvalue weighted by molar-refractivity contribution is 0.0949. The van der Waals surface area contributed by atoms with Crippen LogP contribution in [0.2, 0.25) is 0 Å². The lowest BCUT2D eigenvalue weighted by atomic mass is 10.1. The van der Waals surface area contributed by atoms with E-state index in [1.54, 1.807) is 30.7 Å². The molecule has 1 saturated carbocycles. The van der Waals surface area contributed by atoms with E-state index in [9.17, 15) is 9.59 Å². The third kappa shape index (κ3) is 2.56. The fourth-order valence-corrected chi connectivity index (χ4v) is 2.82. The summed E-state index contributed by atoms with van der Waals surface area (Å²) in [5, 5.41) is 3.23. The van der Waals surface area contributed by atoms with Crippen molar-refractivity contribution in [1.82, 2.24) is 9.88 Å². The number of rotatable bonds is 4. The Kier molecular flexibility index (Phi) is 3.37. The number of furan rings is 1. The first kappa shape index (κ1) is 14.6. The number of nitrogens with two attached hydrogens (primary N) is 1. The Balaban J connectivity index is 1.89. The van der Waals surface area contributed by atoms with Crippen LogP contribution in [0, 0.1) is 0 Å². The molecule has 122 valence electrons. The van der Waals surface area contributed by atoms with Gasteiger partial charge in [0.2, 0.25) is 5.43 Å². The van der Waals surface area contributed by atoms with Gasteiger partial charge in [-0.15, -0.1) is 0 Å². The quantitative estimate of drug-likeness (QED) is 0.720. The van der Waals surface area contributed by atoms with Crippen molar-refractivity contribution in [2.45, 2.75) is 25.4 Å². The van der Waals surface area contributed by atoms with Crippen LogP contribution in [-0.2, 0) is 6.54 Å². The van der Waals surface area contributed by atoms with Crippen LogP contribution < -0.4 is 16.5 Å². The number of pyridine rings is 1. The molecule has 1 aliphatic rings. The molecule has 1 aromatic carbocycles. The molecule has 0 unspecified atom stereocenters. The molecule has 0 saturated heterocycles. The molecule has 2 heterocycles. The number of aromatic nitrogens is 1. The van der Waals surface area contributed by atoms with Crippen LogP contribution in [0.5, 0.6) is 0 Å². The Morgan fingerprint density at radius 1 is 1.29 bits per heavy atom. The van der Waals surface area contributed by atoms with E-state index in [2.05, 4.69) is 5.32 Å². The van der Waals surface area contributed by atoms with Crippen molar-refractivity contribution in [2.75, 3.05) is 5.73 Å². The molecular formula is C18H17N3O3. The second-order valence-corrected chi connectivity index (χ2v) is 6.07. The number of nitrogen functional groups attached to an aromatic ring is 1. The van der Waals surface area contributed by atoms with Crippen molar-refractivity contribution >= 4 is 22.5 Å². The highest BCUT2D eigenvalue weighted by Gasteiger charge is 2.26. The average Bonchev–Trinajstić information content (AvgIpc) is 3.22. The molecule has 0 aliphatic heterocycles. The van der Waals surface area contributed by atoms with E-state index in [1.807, 2.05) is 16.7 Å². The smallest absolute Gasteiger partial charge is 0.256 e. The van der Waals surface area contributed by atoms with Crippen LogP contribution in [0.3, 0.4) is 0 Å². The number of anilines is 1. The van der Waals surface area contributed by atoms with Gasteiger partial charge in [0.25, 0.3) is 5.91 Å². The molecule has 0 bridgehead atoms. The Morgan fingerprint density at radius 2 is 2.12 bits per heavy atom. The van der Waals surface area contributed by atoms with Crippen LogP contribution in [0.4, 0.5) is 5.69 Å². The summed E-state index contributed by atoms with van der Waals surface area (Å²) in [7, 11) is 0.